The zero-order valence-electron chi connectivity index (χ0n) is 12.1. The van der Waals surface area contributed by atoms with Gasteiger partial charge in [-0.05, 0) is 32.8 Å². The lowest BCUT2D eigenvalue weighted by Gasteiger charge is -2.31. The van der Waals surface area contributed by atoms with E-state index in [1.807, 2.05) is 0 Å². The van der Waals surface area contributed by atoms with Crippen molar-refractivity contribution in [2.75, 3.05) is 6.54 Å². The smallest absolute Gasteiger partial charge is 0.256 e. The molecule has 2 aromatic rings. The molecule has 6 nitrogen and oxygen atoms in total. The molecule has 0 bridgehead atoms. The van der Waals surface area contributed by atoms with E-state index in [9.17, 15) is 9.90 Å². The van der Waals surface area contributed by atoms with Gasteiger partial charge in [-0.2, -0.15) is 0 Å². The van der Waals surface area contributed by atoms with Crippen molar-refractivity contribution in [2.24, 2.45) is 0 Å². The van der Waals surface area contributed by atoms with Crippen molar-refractivity contribution in [3.63, 3.8) is 0 Å². The van der Waals surface area contributed by atoms with Crippen LogP contribution in [-0.4, -0.2) is 22.7 Å². The summed E-state index contributed by atoms with van der Waals surface area (Å²) in [5, 5.41) is 17.3. The van der Waals surface area contributed by atoms with Gasteiger partial charge in [-0.1, -0.05) is 5.16 Å². The Hall–Kier alpha value is -2.08. The molecule has 0 saturated carbocycles. The zero-order chi connectivity index (χ0) is 15.0. The number of fused-ring (bicyclic) bond motifs is 1. The predicted molar refractivity (Wildman–Crippen MR) is 73.9 cm³/mol. The topological polar surface area (TPSA) is 88.5 Å². The van der Waals surface area contributed by atoms with Gasteiger partial charge in [0, 0.05) is 12.0 Å². The molecule has 1 aliphatic rings. The Morgan fingerprint density at radius 2 is 2.33 bits per heavy atom. The van der Waals surface area contributed by atoms with Crippen LogP contribution in [0.15, 0.2) is 21.3 Å². The third kappa shape index (κ3) is 2.35. The molecule has 1 atom stereocenters. The van der Waals surface area contributed by atoms with Crippen LogP contribution in [0.25, 0.3) is 0 Å². The van der Waals surface area contributed by atoms with Gasteiger partial charge in [-0.15, -0.1) is 0 Å². The van der Waals surface area contributed by atoms with Crippen molar-refractivity contribution in [1.29, 1.82) is 0 Å². The van der Waals surface area contributed by atoms with Gasteiger partial charge in [-0.25, -0.2) is 0 Å². The van der Waals surface area contributed by atoms with E-state index >= 15 is 0 Å². The second-order valence-electron chi connectivity index (χ2n) is 5.52. The maximum Gasteiger partial charge on any atom is 0.256 e. The van der Waals surface area contributed by atoms with Gasteiger partial charge in [0.25, 0.3) is 5.91 Å². The highest BCUT2D eigenvalue weighted by molar-refractivity contribution is 5.96. The van der Waals surface area contributed by atoms with Crippen molar-refractivity contribution in [2.45, 2.75) is 38.7 Å². The molecule has 0 saturated heterocycles. The summed E-state index contributed by atoms with van der Waals surface area (Å²) in [7, 11) is 0. The third-order valence-electron chi connectivity index (χ3n) is 4.04. The normalized spacial score (nSPS) is 21.1. The van der Waals surface area contributed by atoms with Gasteiger partial charge >= 0.3 is 0 Å². The van der Waals surface area contributed by atoms with Gasteiger partial charge in [-0.3, -0.25) is 4.79 Å². The van der Waals surface area contributed by atoms with Gasteiger partial charge in [0.05, 0.1) is 18.5 Å². The average molecular weight is 290 g/mol. The standard InChI is InChI=1S/C15H18N2O4/c1-9-13(10(2)21-17-9)14(18)16-8-15(19)6-3-4-12-11(15)5-7-20-12/h5,7,19H,3-4,6,8H2,1-2H3,(H,16,18). The Bertz CT molecular complexity index is 654. The molecule has 0 fully saturated rings. The van der Waals surface area contributed by atoms with E-state index in [1.54, 1.807) is 26.2 Å². The number of furan rings is 1. The minimum Gasteiger partial charge on any atom is -0.469 e. The van der Waals surface area contributed by atoms with Crippen LogP contribution < -0.4 is 5.32 Å². The molecule has 1 unspecified atom stereocenters. The maximum atomic E-state index is 12.2. The largest absolute Gasteiger partial charge is 0.469 e. The number of aromatic nitrogens is 1. The minimum absolute atomic E-state index is 0.141. The summed E-state index contributed by atoms with van der Waals surface area (Å²) < 4.78 is 10.4. The summed E-state index contributed by atoms with van der Waals surface area (Å²) in [5.74, 6) is 0.996. The summed E-state index contributed by atoms with van der Waals surface area (Å²) in [5.41, 5.74) is 0.675. The van der Waals surface area contributed by atoms with Crippen molar-refractivity contribution in [1.82, 2.24) is 10.5 Å². The second-order valence-corrected chi connectivity index (χ2v) is 5.52. The molecule has 1 aliphatic carbocycles. The van der Waals surface area contributed by atoms with Crippen LogP contribution in [0, 0.1) is 13.8 Å². The first-order valence-corrected chi connectivity index (χ1v) is 7.01. The molecule has 3 rings (SSSR count). The zero-order valence-corrected chi connectivity index (χ0v) is 12.1. The first-order chi connectivity index (χ1) is 10.0. The summed E-state index contributed by atoms with van der Waals surface area (Å²) in [6.07, 6.45) is 3.83. The fraction of sp³-hybridized carbons (Fsp3) is 0.467. The minimum atomic E-state index is -1.07. The van der Waals surface area contributed by atoms with Gasteiger partial charge in [0.15, 0.2) is 0 Å². The van der Waals surface area contributed by atoms with E-state index in [4.69, 9.17) is 8.94 Å². The Kier molecular flexibility index (Phi) is 3.33. The number of hydrogen-bond acceptors (Lipinski definition) is 5. The number of amides is 1. The van der Waals surface area contributed by atoms with Crippen LogP contribution >= 0.6 is 0 Å². The van der Waals surface area contributed by atoms with Crippen LogP contribution in [0.2, 0.25) is 0 Å². The third-order valence-corrected chi connectivity index (χ3v) is 4.04. The van der Waals surface area contributed by atoms with E-state index in [0.717, 1.165) is 24.2 Å². The molecule has 0 aromatic carbocycles. The second kappa shape index (κ2) is 5.04. The Labute approximate surface area is 122 Å². The summed E-state index contributed by atoms with van der Waals surface area (Å²) in [4.78, 5) is 12.2. The van der Waals surface area contributed by atoms with Gasteiger partial charge < -0.3 is 19.4 Å². The highest BCUT2D eigenvalue weighted by atomic mass is 16.5. The summed E-state index contributed by atoms with van der Waals surface area (Å²) in [6.45, 7) is 3.55. The van der Waals surface area contributed by atoms with E-state index < -0.39 is 5.60 Å². The number of nitrogens with one attached hydrogen (secondary N) is 1. The number of hydrogen-bond donors (Lipinski definition) is 2. The van der Waals surface area contributed by atoms with Crippen LogP contribution in [-0.2, 0) is 12.0 Å². The molecular weight excluding hydrogens is 272 g/mol. The quantitative estimate of drug-likeness (QED) is 0.900. The Balaban J connectivity index is 1.76. The predicted octanol–water partition coefficient (Wildman–Crippen LogP) is 1.84. The first kappa shape index (κ1) is 13.9. The average Bonchev–Trinajstić information content (AvgIpc) is 3.05. The molecule has 21 heavy (non-hydrogen) atoms. The fourth-order valence-corrected chi connectivity index (χ4v) is 2.93. The van der Waals surface area contributed by atoms with E-state index in [2.05, 4.69) is 10.5 Å². The lowest BCUT2D eigenvalue weighted by atomic mass is 9.83. The first-order valence-electron chi connectivity index (χ1n) is 7.01. The molecule has 112 valence electrons. The molecule has 0 radical (unpaired) electrons. The van der Waals surface area contributed by atoms with Crippen LogP contribution in [0.5, 0.6) is 0 Å². The Morgan fingerprint density at radius 3 is 3.05 bits per heavy atom. The molecule has 1 amide bonds. The van der Waals surface area contributed by atoms with Crippen LogP contribution in [0.1, 0.15) is 46.0 Å². The molecule has 2 N–H and O–H groups in total. The summed E-state index contributed by atoms with van der Waals surface area (Å²) in [6, 6.07) is 1.77. The van der Waals surface area contributed by atoms with Crippen LogP contribution in [0.4, 0.5) is 0 Å². The highest BCUT2D eigenvalue weighted by Crippen LogP contribution is 2.35. The number of carbonyl (C=O) groups is 1. The number of aliphatic hydroxyl groups is 1. The van der Waals surface area contributed by atoms with E-state index in [1.165, 1.54) is 0 Å². The number of carbonyl (C=O) groups excluding carboxylic acids is 1. The molecule has 2 heterocycles. The molecule has 0 spiro atoms. The summed E-state index contributed by atoms with van der Waals surface area (Å²) >= 11 is 0. The number of rotatable bonds is 3. The molecule has 2 aromatic heterocycles. The van der Waals surface area contributed by atoms with E-state index in [-0.39, 0.29) is 12.5 Å². The number of aryl methyl sites for hydroxylation is 3. The SMILES string of the molecule is Cc1noc(C)c1C(=O)NCC1(O)CCCc2occc21. The van der Waals surface area contributed by atoms with Crippen molar-refractivity contribution in [3.05, 3.63) is 40.7 Å². The van der Waals surface area contributed by atoms with Gasteiger partial charge in [0.2, 0.25) is 0 Å². The van der Waals surface area contributed by atoms with Crippen molar-refractivity contribution >= 4 is 5.91 Å². The highest BCUT2D eigenvalue weighted by Gasteiger charge is 2.36. The Morgan fingerprint density at radius 1 is 1.52 bits per heavy atom. The lowest BCUT2D eigenvalue weighted by Crippen LogP contribution is -2.42. The van der Waals surface area contributed by atoms with Crippen LogP contribution in [0.3, 0.4) is 0 Å². The maximum absolute atomic E-state index is 12.2. The van der Waals surface area contributed by atoms with Crippen molar-refractivity contribution < 1.29 is 18.8 Å². The van der Waals surface area contributed by atoms with Crippen molar-refractivity contribution in [3.8, 4) is 0 Å². The fourth-order valence-electron chi connectivity index (χ4n) is 2.93. The van der Waals surface area contributed by atoms with Gasteiger partial charge in [0.1, 0.15) is 22.7 Å². The molecule has 6 heteroatoms. The molecular formula is C15H18N2O4. The lowest BCUT2D eigenvalue weighted by molar-refractivity contribution is 0.0169. The monoisotopic (exact) mass is 290 g/mol. The number of nitrogens with zero attached hydrogens (tertiary/aromatic N) is 1. The van der Waals surface area contributed by atoms with E-state index in [0.29, 0.717) is 23.4 Å². The molecule has 0 aliphatic heterocycles.